The number of hydrogen-bond acceptors (Lipinski definition) is 3. The zero-order valence-corrected chi connectivity index (χ0v) is 9.95. The van der Waals surface area contributed by atoms with Gasteiger partial charge in [0.2, 0.25) is 5.91 Å². The summed E-state index contributed by atoms with van der Waals surface area (Å²) in [7, 11) is 1.60. The number of benzene rings is 1. The van der Waals surface area contributed by atoms with Gasteiger partial charge in [0, 0.05) is 12.5 Å². The van der Waals surface area contributed by atoms with Crippen molar-refractivity contribution in [3.8, 4) is 5.75 Å². The maximum absolute atomic E-state index is 12.1. The quantitative estimate of drug-likeness (QED) is 0.838. The van der Waals surface area contributed by atoms with Gasteiger partial charge in [0.05, 0.1) is 13.2 Å². The van der Waals surface area contributed by atoms with E-state index in [-0.39, 0.29) is 17.7 Å². The van der Waals surface area contributed by atoms with E-state index in [2.05, 4.69) is 5.32 Å². The number of ketones is 1. The highest BCUT2D eigenvalue weighted by Crippen LogP contribution is 2.25. The Bertz CT molecular complexity index is 468. The normalized spacial score (nSPS) is 18.5. The van der Waals surface area contributed by atoms with Crippen molar-refractivity contribution < 1.29 is 14.3 Å². The van der Waals surface area contributed by atoms with Crippen LogP contribution < -0.4 is 10.1 Å². The predicted molar refractivity (Wildman–Crippen MR) is 63.3 cm³/mol. The summed E-state index contributed by atoms with van der Waals surface area (Å²) in [6.07, 6.45) is 1.43. The molecule has 1 unspecified atom stereocenters. The van der Waals surface area contributed by atoms with Crippen LogP contribution in [0.5, 0.6) is 5.75 Å². The van der Waals surface area contributed by atoms with Crippen LogP contribution in [-0.2, 0) is 11.2 Å². The number of aryl methyl sites for hydroxylation is 1. The van der Waals surface area contributed by atoms with Crippen molar-refractivity contribution in [2.24, 2.45) is 0 Å². The van der Waals surface area contributed by atoms with Gasteiger partial charge < -0.3 is 10.1 Å². The van der Waals surface area contributed by atoms with E-state index in [0.29, 0.717) is 12.0 Å². The van der Waals surface area contributed by atoms with E-state index in [4.69, 9.17) is 4.74 Å². The standard InChI is InChI=1S/C13H15NO3/c1-8(15)14-12-6-3-9-7-10(17-2)4-5-11(9)13(12)16/h4-5,7,12H,3,6H2,1-2H3,(H,14,15). The first kappa shape index (κ1) is 11.6. The molecule has 1 aliphatic carbocycles. The van der Waals surface area contributed by atoms with Crippen molar-refractivity contribution in [1.29, 1.82) is 0 Å². The van der Waals surface area contributed by atoms with Crippen LogP contribution in [0.25, 0.3) is 0 Å². The van der Waals surface area contributed by atoms with Crippen LogP contribution in [0, 0.1) is 0 Å². The average Bonchev–Trinajstić information content (AvgIpc) is 2.32. The Balaban J connectivity index is 2.27. The third-order valence-electron chi connectivity index (χ3n) is 2.97. The SMILES string of the molecule is COc1ccc2c(c1)CCC(NC(C)=O)C2=O. The lowest BCUT2D eigenvalue weighted by atomic mass is 9.87. The molecule has 1 aromatic rings. The predicted octanol–water partition coefficient (Wildman–Crippen LogP) is 1.33. The van der Waals surface area contributed by atoms with Gasteiger partial charge in [-0.1, -0.05) is 0 Å². The molecule has 90 valence electrons. The van der Waals surface area contributed by atoms with E-state index in [1.54, 1.807) is 19.2 Å². The lowest BCUT2D eigenvalue weighted by Gasteiger charge is -2.24. The van der Waals surface area contributed by atoms with Crippen molar-refractivity contribution >= 4 is 11.7 Å². The molecule has 1 aromatic carbocycles. The first-order chi connectivity index (χ1) is 8.11. The van der Waals surface area contributed by atoms with Crippen molar-refractivity contribution in [2.45, 2.75) is 25.8 Å². The van der Waals surface area contributed by atoms with Gasteiger partial charge in [-0.15, -0.1) is 0 Å². The monoisotopic (exact) mass is 233 g/mol. The number of nitrogens with one attached hydrogen (secondary N) is 1. The third-order valence-corrected chi connectivity index (χ3v) is 2.97. The number of Topliss-reactive ketones (excluding diaryl/α,β-unsaturated/α-hetero) is 1. The second-order valence-electron chi connectivity index (χ2n) is 4.18. The summed E-state index contributed by atoms with van der Waals surface area (Å²) in [4.78, 5) is 23.1. The summed E-state index contributed by atoms with van der Waals surface area (Å²) in [6, 6.07) is 5.04. The highest BCUT2D eigenvalue weighted by Gasteiger charge is 2.27. The van der Waals surface area contributed by atoms with Gasteiger partial charge >= 0.3 is 0 Å². The largest absolute Gasteiger partial charge is 0.497 e. The van der Waals surface area contributed by atoms with Crippen LogP contribution >= 0.6 is 0 Å². The van der Waals surface area contributed by atoms with Gasteiger partial charge in [-0.05, 0) is 36.6 Å². The summed E-state index contributed by atoms with van der Waals surface area (Å²) in [5.41, 5.74) is 1.69. The fourth-order valence-corrected chi connectivity index (χ4v) is 2.15. The zero-order chi connectivity index (χ0) is 12.4. The lowest BCUT2D eigenvalue weighted by molar-refractivity contribution is -0.119. The van der Waals surface area contributed by atoms with E-state index in [1.165, 1.54) is 6.92 Å². The minimum absolute atomic E-state index is 0.0101. The molecular weight excluding hydrogens is 218 g/mol. The first-order valence-corrected chi connectivity index (χ1v) is 5.60. The molecule has 0 aromatic heterocycles. The highest BCUT2D eigenvalue weighted by molar-refractivity contribution is 6.04. The second-order valence-corrected chi connectivity index (χ2v) is 4.18. The topological polar surface area (TPSA) is 55.4 Å². The summed E-state index contributed by atoms with van der Waals surface area (Å²) < 4.78 is 5.13. The number of methoxy groups -OCH3 is 1. The van der Waals surface area contributed by atoms with Crippen molar-refractivity contribution in [2.75, 3.05) is 7.11 Å². The maximum Gasteiger partial charge on any atom is 0.217 e. The summed E-state index contributed by atoms with van der Waals surface area (Å²) >= 11 is 0. The molecule has 1 aliphatic rings. The summed E-state index contributed by atoms with van der Waals surface area (Å²) in [5, 5.41) is 2.68. The van der Waals surface area contributed by atoms with Crippen LogP contribution in [-0.4, -0.2) is 24.8 Å². The van der Waals surface area contributed by atoms with E-state index in [9.17, 15) is 9.59 Å². The van der Waals surface area contributed by atoms with Gasteiger partial charge in [0.15, 0.2) is 5.78 Å². The van der Waals surface area contributed by atoms with Crippen molar-refractivity contribution in [3.63, 3.8) is 0 Å². The number of hydrogen-bond donors (Lipinski definition) is 1. The molecule has 4 heteroatoms. The molecule has 0 aliphatic heterocycles. The Morgan fingerprint density at radius 2 is 2.24 bits per heavy atom. The molecule has 0 radical (unpaired) electrons. The molecule has 1 atom stereocenters. The molecule has 4 nitrogen and oxygen atoms in total. The number of fused-ring (bicyclic) bond motifs is 1. The Kier molecular flexibility index (Phi) is 3.13. The summed E-state index contributed by atoms with van der Waals surface area (Å²) in [5.74, 6) is 0.582. The number of amides is 1. The van der Waals surface area contributed by atoms with Gasteiger partial charge in [-0.25, -0.2) is 0 Å². The molecule has 1 amide bonds. The molecule has 2 rings (SSSR count). The van der Waals surface area contributed by atoms with Crippen LogP contribution in [0.2, 0.25) is 0 Å². The number of carbonyl (C=O) groups is 2. The highest BCUT2D eigenvalue weighted by atomic mass is 16.5. The van der Waals surface area contributed by atoms with Crippen LogP contribution in [0.15, 0.2) is 18.2 Å². The molecule has 17 heavy (non-hydrogen) atoms. The Hall–Kier alpha value is -1.84. The van der Waals surface area contributed by atoms with Gasteiger partial charge in [-0.3, -0.25) is 9.59 Å². The molecule has 0 saturated carbocycles. The molecule has 1 N–H and O–H groups in total. The number of carbonyl (C=O) groups excluding carboxylic acids is 2. The molecule has 0 saturated heterocycles. The Morgan fingerprint density at radius 3 is 2.88 bits per heavy atom. The van der Waals surface area contributed by atoms with Gasteiger partial charge in [0.25, 0.3) is 0 Å². The molecule has 0 spiro atoms. The van der Waals surface area contributed by atoms with Crippen molar-refractivity contribution in [3.05, 3.63) is 29.3 Å². The molecular formula is C13H15NO3. The zero-order valence-electron chi connectivity index (χ0n) is 9.95. The third kappa shape index (κ3) is 2.30. The fraction of sp³-hybridized carbons (Fsp3) is 0.385. The summed E-state index contributed by atoms with van der Waals surface area (Å²) in [6.45, 7) is 1.43. The lowest BCUT2D eigenvalue weighted by Crippen LogP contribution is -2.42. The van der Waals surface area contributed by atoms with Crippen LogP contribution in [0.1, 0.15) is 29.3 Å². The Morgan fingerprint density at radius 1 is 1.47 bits per heavy atom. The number of rotatable bonds is 2. The van der Waals surface area contributed by atoms with Gasteiger partial charge in [-0.2, -0.15) is 0 Å². The average molecular weight is 233 g/mol. The van der Waals surface area contributed by atoms with Gasteiger partial charge in [0.1, 0.15) is 5.75 Å². The Labute approximate surface area is 100.0 Å². The first-order valence-electron chi connectivity index (χ1n) is 5.60. The number of ether oxygens (including phenoxy) is 1. The molecule has 0 bridgehead atoms. The van der Waals surface area contributed by atoms with E-state index in [1.807, 2.05) is 6.07 Å². The smallest absolute Gasteiger partial charge is 0.217 e. The van der Waals surface area contributed by atoms with E-state index in [0.717, 1.165) is 17.7 Å². The minimum atomic E-state index is -0.381. The van der Waals surface area contributed by atoms with E-state index < -0.39 is 0 Å². The maximum atomic E-state index is 12.1. The minimum Gasteiger partial charge on any atom is -0.497 e. The van der Waals surface area contributed by atoms with Crippen molar-refractivity contribution in [1.82, 2.24) is 5.32 Å². The van der Waals surface area contributed by atoms with E-state index >= 15 is 0 Å². The second kappa shape index (κ2) is 4.57. The molecule has 0 fully saturated rings. The van der Waals surface area contributed by atoms with Crippen LogP contribution in [0.3, 0.4) is 0 Å². The molecule has 0 heterocycles. The van der Waals surface area contributed by atoms with Crippen LogP contribution in [0.4, 0.5) is 0 Å². The fourth-order valence-electron chi connectivity index (χ4n) is 2.15.